The number of para-hydroxylation sites is 2. The van der Waals surface area contributed by atoms with Gasteiger partial charge in [-0.1, -0.05) is 12.1 Å². The molecule has 21 heavy (non-hydrogen) atoms. The maximum Gasteiger partial charge on any atom is 0.161 e. The summed E-state index contributed by atoms with van der Waals surface area (Å²) in [5.74, 6) is 2.36. The molecule has 0 saturated carbocycles. The lowest BCUT2D eigenvalue weighted by atomic mass is 10.2. The van der Waals surface area contributed by atoms with E-state index in [0.29, 0.717) is 18.7 Å². The van der Waals surface area contributed by atoms with Crippen LogP contribution in [0.1, 0.15) is 5.56 Å². The second kappa shape index (κ2) is 5.71. The third kappa shape index (κ3) is 2.90. The molecule has 5 nitrogen and oxygen atoms in total. The third-order valence-electron chi connectivity index (χ3n) is 3.31. The fourth-order valence-electron chi connectivity index (χ4n) is 2.23. The summed E-state index contributed by atoms with van der Waals surface area (Å²) in [6.45, 7) is 1.17. The minimum absolute atomic E-state index is 0.0534. The van der Waals surface area contributed by atoms with Crippen LogP contribution in [0.2, 0.25) is 0 Å². The highest BCUT2D eigenvalue weighted by Crippen LogP contribution is 2.31. The lowest BCUT2D eigenvalue weighted by molar-refractivity contribution is 0.0959. The number of ether oxygens (including phenoxy) is 2. The molecular formula is C16H15N3O2. The number of hydrogen-bond acceptors (Lipinski definition) is 5. The zero-order valence-electron chi connectivity index (χ0n) is 11.7. The average Bonchev–Trinajstić information content (AvgIpc) is 2.55. The maximum atomic E-state index is 8.78. The van der Waals surface area contributed by atoms with Crippen LogP contribution in [0.4, 0.5) is 5.82 Å². The van der Waals surface area contributed by atoms with Crippen LogP contribution in [0, 0.1) is 11.3 Å². The molecule has 1 aliphatic heterocycles. The molecule has 0 spiro atoms. The SMILES string of the molecule is CN(CC1COc2ccccc2O1)c1ccc(C#N)cn1. The third-order valence-corrected chi connectivity index (χ3v) is 3.31. The lowest BCUT2D eigenvalue weighted by Crippen LogP contribution is -2.39. The fourth-order valence-corrected chi connectivity index (χ4v) is 2.23. The summed E-state index contributed by atoms with van der Waals surface area (Å²) in [4.78, 5) is 6.26. The van der Waals surface area contributed by atoms with Crippen LogP contribution < -0.4 is 14.4 Å². The molecule has 106 valence electrons. The molecular weight excluding hydrogens is 266 g/mol. The number of nitrogens with zero attached hydrogens (tertiary/aromatic N) is 3. The molecule has 2 aromatic rings. The molecule has 1 unspecified atom stereocenters. The van der Waals surface area contributed by atoms with E-state index in [0.717, 1.165) is 17.3 Å². The Kier molecular flexibility index (Phi) is 3.61. The number of benzene rings is 1. The van der Waals surface area contributed by atoms with Crippen LogP contribution in [0.5, 0.6) is 11.5 Å². The molecule has 0 fully saturated rings. The second-order valence-corrected chi connectivity index (χ2v) is 4.89. The minimum Gasteiger partial charge on any atom is -0.486 e. The Bertz CT molecular complexity index is 664. The molecule has 0 bridgehead atoms. The summed E-state index contributed by atoms with van der Waals surface area (Å²) in [7, 11) is 1.94. The summed E-state index contributed by atoms with van der Waals surface area (Å²) < 4.78 is 11.6. The van der Waals surface area contributed by atoms with Gasteiger partial charge < -0.3 is 14.4 Å². The van der Waals surface area contributed by atoms with Gasteiger partial charge in [-0.25, -0.2) is 4.98 Å². The van der Waals surface area contributed by atoms with Gasteiger partial charge in [0.05, 0.1) is 12.1 Å². The van der Waals surface area contributed by atoms with Crippen LogP contribution in [0.3, 0.4) is 0 Å². The zero-order valence-corrected chi connectivity index (χ0v) is 11.7. The van der Waals surface area contributed by atoms with Crippen molar-refractivity contribution in [3.05, 3.63) is 48.2 Å². The predicted octanol–water partition coefficient (Wildman–Crippen LogP) is 2.23. The van der Waals surface area contributed by atoms with E-state index < -0.39 is 0 Å². The van der Waals surface area contributed by atoms with E-state index in [1.807, 2.05) is 42.3 Å². The molecule has 1 atom stereocenters. The van der Waals surface area contributed by atoms with Crippen LogP contribution in [-0.4, -0.2) is 31.3 Å². The zero-order chi connectivity index (χ0) is 14.7. The Labute approximate surface area is 123 Å². The van der Waals surface area contributed by atoms with Crippen molar-refractivity contribution in [2.45, 2.75) is 6.10 Å². The highest BCUT2D eigenvalue weighted by molar-refractivity contribution is 5.43. The first-order valence-electron chi connectivity index (χ1n) is 6.72. The molecule has 0 aliphatic carbocycles. The summed E-state index contributed by atoms with van der Waals surface area (Å²) in [6, 6.07) is 13.3. The van der Waals surface area contributed by atoms with Gasteiger partial charge in [0.15, 0.2) is 17.6 Å². The number of fused-ring (bicyclic) bond motifs is 1. The molecule has 0 N–H and O–H groups in total. The summed E-state index contributed by atoms with van der Waals surface area (Å²) >= 11 is 0. The van der Waals surface area contributed by atoms with Crippen molar-refractivity contribution in [2.24, 2.45) is 0 Å². The largest absolute Gasteiger partial charge is 0.486 e. The standard InChI is InChI=1S/C16H15N3O2/c1-19(16-7-6-12(8-17)9-18-16)10-13-11-20-14-4-2-3-5-15(14)21-13/h2-7,9,13H,10-11H2,1H3. The number of likely N-dealkylation sites (N-methyl/N-ethyl adjacent to an activating group) is 1. The van der Waals surface area contributed by atoms with Crippen molar-refractivity contribution in [2.75, 3.05) is 25.1 Å². The fraction of sp³-hybridized carbons (Fsp3) is 0.250. The molecule has 1 aromatic carbocycles. The second-order valence-electron chi connectivity index (χ2n) is 4.89. The first-order chi connectivity index (χ1) is 10.3. The van der Waals surface area contributed by atoms with Gasteiger partial charge >= 0.3 is 0 Å². The van der Waals surface area contributed by atoms with Crippen molar-refractivity contribution >= 4 is 5.82 Å². The highest BCUT2D eigenvalue weighted by atomic mass is 16.6. The van der Waals surface area contributed by atoms with E-state index >= 15 is 0 Å². The van der Waals surface area contributed by atoms with E-state index in [1.54, 1.807) is 12.3 Å². The molecule has 1 aliphatic rings. The van der Waals surface area contributed by atoms with Gasteiger partial charge in [0, 0.05) is 13.2 Å². The molecule has 0 saturated heterocycles. The molecule has 0 amide bonds. The molecule has 0 radical (unpaired) electrons. The number of rotatable bonds is 3. The number of aromatic nitrogens is 1. The van der Waals surface area contributed by atoms with E-state index in [-0.39, 0.29) is 6.10 Å². The summed E-state index contributed by atoms with van der Waals surface area (Å²) in [6.07, 6.45) is 1.52. The van der Waals surface area contributed by atoms with Gasteiger partial charge in [0.2, 0.25) is 0 Å². The molecule has 5 heteroatoms. The van der Waals surface area contributed by atoms with Gasteiger partial charge in [0.1, 0.15) is 18.5 Å². The van der Waals surface area contributed by atoms with Crippen molar-refractivity contribution in [3.8, 4) is 17.6 Å². The highest BCUT2D eigenvalue weighted by Gasteiger charge is 2.22. The number of hydrogen-bond donors (Lipinski definition) is 0. The van der Waals surface area contributed by atoms with E-state index in [4.69, 9.17) is 14.7 Å². The van der Waals surface area contributed by atoms with Crippen LogP contribution in [-0.2, 0) is 0 Å². The van der Waals surface area contributed by atoms with Gasteiger partial charge in [-0.05, 0) is 24.3 Å². The number of anilines is 1. The molecule has 3 rings (SSSR count). The minimum atomic E-state index is -0.0534. The van der Waals surface area contributed by atoms with Gasteiger partial charge in [0.25, 0.3) is 0 Å². The Hall–Kier alpha value is -2.74. The van der Waals surface area contributed by atoms with Crippen LogP contribution in [0.15, 0.2) is 42.6 Å². The Morgan fingerprint density at radius 1 is 1.29 bits per heavy atom. The lowest BCUT2D eigenvalue weighted by Gasteiger charge is -2.30. The molecule has 1 aromatic heterocycles. The normalized spacial score (nSPS) is 16.1. The Morgan fingerprint density at radius 3 is 2.81 bits per heavy atom. The van der Waals surface area contributed by atoms with E-state index in [1.165, 1.54) is 0 Å². The Balaban J connectivity index is 1.65. The van der Waals surface area contributed by atoms with Crippen LogP contribution >= 0.6 is 0 Å². The molecule has 2 heterocycles. The summed E-state index contributed by atoms with van der Waals surface area (Å²) in [5, 5.41) is 8.78. The van der Waals surface area contributed by atoms with Crippen molar-refractivity contribution < 1.29 is 9.47 Å². The van der Waals surface area contributed by atoms with Crippen molar-refractivity contribution in [3.63, 3.8) is 0 Å². The first-order valence-corrected chi connectivity index (χ1v) is 6.72. The predicted molar refractivity (Wildman–Crippen MR) is 78.6 cm³/mol. The van der Waals surface area contributed by atoms with E-state index in [9.17, 15) is 0 Å². The van der Waals surface area contributed by atoms with Crippen molar-refractivity contribution in [1.82, 2.24) is 4.98 Å². The van der Waals surface area contributed by atoms with Crippen LogP contribution in [0.25, 0.3) is 0 Å². The number of pyridine rings is 1. The average molecular weight is 281 g/mol. The van der Waals surface area contributed by atoms with Crippen molar-refractivity contribution in [1.29, 1.82) is 5.26 Å². The van der Waals surface area contributed by atoms with Gasteiger partial charge in [-0.3, -0.25) is 0 Å². The monoisotopic (exact) mass is 281 g/mol. The first kappa shape index (κ1) is 13.3. The Morgan fingerprint density at radius 2 is 2.10 bits per heavy atom. The summed E-state index contributed by atoms with van der Waals surface area (Å²) in [5.41, 5.74) is 0.554. The van der Waals surface area contributed by atoms with E-state index in [2.05, 4.69) is 11.1 Å². The number of nitriles is 1. The topological polar surface area (TPSA) is 58.4 Å². The quantitative estimate of drug-likeness (QED) is 0.863. The maximum absolute atomic E-state index is 8.78. The van der Waals surface area contributed by atoms with Gasteiger partial charge in [-0.15, -0.1) is 0 Å². The smallest absolute Gasteiger partial charge is 0.161 e. The van der Waals surface area contributed by atoms with Gasteiger partial charge in [-0.2, -0.15) is 5.26 Å².